The number of pyridine rings is 1. The molecule has 4 rings (SSSR count). The Morgan fingerprint density at radius 2 is 2.02 bits per heavy atom. The van der Waals surface area contributed by atoms with E-state index in [1.807, 2.05) is 43.9 Å². The van der Waals surface area contributed by atoms with Crippen LogP contribution in [0.2, 0.25) is 5.02 Å². The fraction of sp³-hybridized carbons (Fsp3) is 0.533. The van der Waals surface area contributed by atoms with Crippen LogP contribution in [-0.2, 0) is 11.2 Å². The molecule has 1 aromatic heterocycles. The number of halogens is 3. The van der Waals surface area contributed by atoms with Gasteiger partial charge < -0.3 is 19.7 Å². The Hall–Kier alpha value is -1.65. The highest BCUT2D eigenvalue weighted by atomic mass is 79.9. The second-order valence-electron chi connectivity index (χ2n) is 9.12. The molecule has 2 amide bonds. The van der Waals surface area contributed by atoms with Crippen LogP contribution in [0.4, 0.5) is 4.79 Å². The van der Waals surface area contributed by atoms with Gasteiger partial charge in [-0.2, -0.15) is 0 Å². The molecule has 1 saturated heterocycles. The van der Waals surface area contributed by atoms with E-state index in [0.717, 1.165) is 53.5 Å². The van der Waals surface area contributed by atoms with Gasteiger partial charge in [-0.05, 0) is 70.7 Å². The number of hydrogen-bond acceptors (Lipinski definition) is 5. The number of carbonyl (C=O) groups excluding carboxylic acids is 1. The predicted octanol–water partition coefficient (Wildman–Crippen LogP) is 8.20. The molecule has 1 aliphatic heterocycles. The van der Waals surface area contributed by atoms with E-state index in [1.54, 1.807) is 14.2 Å². The van der Waals surface area contributed by atoms with E-state index in [2.05, 4.69) is 61.1 Å². The molecule has 0 unspecified atom stereocenters. The summed E-state index contributed by atoms with van der Waals surface area (Å²) in [6.45, 7) is 11.4. The third-order valence-electron chi connectivity index (χ3n) is 6.80. The third-order valence-corrected chi connectivity index (χ3v) is 9.12. The van der Waals surface area contributed by atoms with Crippen LogP contribution in [0.25, 0.3) is 11.3 Å². The van der Waals surface area contributed by atoms with Crippen LogP contribution in [0.5, 0.6) is 5.88 Å². The highest BCUT2D eigenvalue weighted by molar-refractivity contribution is 9.11. The van der Waals surface area contributed by atoms with Crippen molar-refractivity contribution in [3.8, 4) is 17.1 Å². The fourth-order valence-corrected chi connectivity index (χ4v) is 5.34. The largest absolute Gasteiger partial charge is 0.481 e. The van der Waals surface area contributed by atoms with Gasteiger partial charge in [-0.1, -0.05) is 66.5 Å². The summed E-state index contributed by atoms with van der Waals surface area (Å²) in [5.41, 5.74) is 4.03. The number of ether oxygens (including phenoxy) is 2. The molecule has 7 nitrogen and oxygen atoms in total. The summed E-state index contributed by atoms with van der Waals surface area (Å²) >= 11 is 13.4. The van der Waals surface area contributed by atoms with E-state index in [9.17, 15) is 4.79 Å². The summed E-state index contributed by atoms with van der Waals surface area (Å²) in [4.78, 5) is 21.5. The number of amides is 2. The average molecular weight is 703 g/mol. The summed E-state index contributed by atoms with van der Waals surface area (Å²) in [6, 6.07) is 8.07. The maximum Gasteiger partial charge on any atom is 0.318 e. The third kappa shape index (κ3) is 9.18. The fourth-order valence-electron chi connectivity index (χ4n) is 4.75. The molecule has 10 heteroatoms. The van der Waals surface area contributed by atoms with E-state index < -0.39 is 0 Å². The molecular weight excluding hydrogens is 660 g/mol. The second-order valence-corrected chi connectivity index (χ2v) is 11.4. The molecule has 0 bridgehead atoms. The lowest BCUT2D eigenvalue weighted by Gasteiger charge is -2.34. The Bertz CT molecular complexity index is 1130. The van der Waals surface area contributed by atoms with Gasteiger partial charge in [-0.3, -0.25) is 4.90 Å². The Balaban J connectivity index is 0.000000622. The van der Waals surface area contributed by atoms with Gasteiger partial charge in [0.15, 0.2) is 0 Å². The van der Waals surface area contributed by atoms with Crippen LogP contribution in [-0.4, -0.2) is 67.9 Å². The molecule has 2 aromatic rings. The van der Waals surface area contributed by atoms with E-state index in [1.165, 1.54) is 10.0 Å². The highest BCUT2D eigenvalue weighted by Gasteiger charge is 2.34. The monoisotopic (exact) mass is 700 g/mol. The van der Waals surface area contributed by atoms with Gasteiger partial charge >= 0.3 is 6.03 Å². The summed E-state index contributed by atoms with van der Waals surface area (Å²) < 4.78 is 13.0. The Morgan fingerprint density at radius 1 is 1.27 bits per heavy atom. The zero-order valence-electron chi connectivity index (χ0n) is 24.5. The molecule has 1 fully saturated rings. The van der Waals surface area contributed by atoms with E-state index in [0.29, 0.717) is 37.3 Å². The zero-order valence-corrected chi connectivity index (χ0v) is 28.5. The second kappa shape index (κ2) is 18.0. The molecule has 40 heavy (non-hydrogen) atoms. The highest BCUT2D eigenvalue weighted by Crippen LogP contribution is 2.43. The number of allylic oxidation sites excluding steroid dienone is 2. The molecule has 0 spiro atoms. The minimum atomic E-state index is -0.0466. The normalized spacial score (nSPS) is 17.4. The minimum absolute atomic E-state index is 0.0466. The Labute approximate surface area is 261 Å². The molecule has 2 aliphatic rings. The molecule has 1 N–H and O–H groups in total. The van der Waals surface area contributed by atoms with Gasteiger partial charge in [0.1, 0.15) is 0 Å². The number of aromatic nitrogens is 1. The lowest BCUT2D eigenvalue weighted by molar-refractivity contribution is 0.118. The van der Waals surface area contributed by atoms with Crippen LogP contribution < -0.4 is 10.1 Å². The van der Waals surface area contributed by atoms with Crippen LogP contribution in [0.1, 0.15) is 64.1 Å². The molecule has 1 aromatic carbocycles. The quantitative estimate of drug-likeness (QED) is 0.315. The smallest absolute Gasteiger partial charge is 0.318 e. The standard InChI is InChI=1S/C23H28BrClN4O3.C5H9Br.C2H6/c1-31-12-11-28-9-4-10-29(14-26-23(28)30)19-8-7-15-13-18(27-22(32-2)20(15)19)16-5-3-6-17(24)21(16)25;1-3-5(6)4-2;1-2/h3,5-6,13,19H,4,7-12,14H2,1-2H3,(H,26,30);3H,4H2,1-2H3;1-2H3/b;5-3+;/t19-;;/m0../s1. The van der Waals surface area contributed by atoms with Gasteiger partial charge in [-0.25, -0.2) is 9.78 Å². The van der Waals surface area contributed by atoms with Crippen LogP contribution in [0.3, 0.4) is 0 Å². The van der Waals surface area contributed by atoms with Gasteiger partial charge in [-0.15, -0.1) is 0 Å². The Morgan fingerprint density at radius 3 is 2.65 bits per heavy atom. The number of nitrogens with one attached hydrogen (secondary N) is 1. The zero-order chi connectivity index (χ0) is 29.7. The maximum absolute atomic E-state index is 12.5. The number of nitrogens with zero attached hydrogens (tertiary/aromatic N) is 3. The van der Waals surface area contributed by atoms with Crippen LogP contribution in [0, 0.1) is 0 Å². The number of fused-ring (bicyclic) bond motifs is 1. The SMILES string of the molecule is C/C=C(/Br)CC.CC.COCCN1CCCN([C@H]2CCc3cc(-c4cccc(Br)c4Cl)nc(OC)c32)CNC1=O. The summed E-state index contributed by atoms with van der Waals surface area (Å²) in [6.07, 6.45) is 5.97. The number of rotatable bonds is 7. The number of aryl methyl sites for hydroxylation is 1. The number of methoxy groups -OCH3 is 2. The molecule has 1 atom stereocenters. The van der Waals surface area contributed by atoms with Crippen molar-refractivity contribution in [2.24, 2.45) is 0 Å². The lowest BCUT2D eigenvalue weighted by atomic mass is 10.0. The number of hydrogen-bond donors (Lipinski definition) is 1. The van der Waals surface area contributed by atoms with Crippen molar-refractivity contribution in [2.75, 3.05) is 47.1 Å². The number of carbonyl (C=O) groups is 1. The number of urea groups is 1. The van der Waals surface area contributed by atoms with Crippen molar-refractivity contribution < 1.29 is 14.3 Å². The van der Waals surface area contributed by atoms with Crippen molar-refractivity contribution in [1.29, 1.82) is 0 Å². The topological polar surface area (TPSA) is 66.9 Å². The van der Waals surface area contributed by atoms with Crippen LogP contribution >= 0.6 is 43.5 Å². The van der Waals surface area contributed by atoms with Crippen molar-refractivity contribution in [2.45, 2.75) is 59.4 Å². The molecule has 0 radical (unpaired) electrons. The van der Waals surface area contributed by atoms with Crippen molar-refractivity contribution in [3.05, 3.63) is 55.4 Å². The maximum atomic E-state index is 12.5. The van der Waals surface area contributed by atoms with Gasteiger partial charge in [0.25, 0.3) is 0 Å². The molecular formula is C30H43Br2ClN4O3. The lowest BCUT2D eigenvalue weighted by Crippen LogP contribution is -2.50. The molecule has 2 heterocycles. The first-order valence-corrected chi connectivity index (χ1v) is 15.9. The summed E-state index contributed by atoms with van der Waals surface area (Å²) in [7, 11) is 3.31. The molecule has 0 saturated carbocycles. The Kier molecular flexibility index (Phi) is 15.6. The first-order chi connectivity index (χ1) is 19.3. The van der Waals surface area contributed by atoms with Gasteiger partial charge in [0, 0.05) is 48.4 Å². The van der Waals surface area contributed by atoms with E-state index in [4.69, 9.17) is 26.1 Å². The van der Waals surface area contributed by atoms with E-state index in [-0.39, 0.29) is 12.1 Å². The summed E-state index contributed by atoms with van der Waals surface area (Å²) in [5, 5.41) is 3.70. The number of benzene rings is 1. The summed E-state index contributed by atoms with van der Waals surface area (Å²) in [5.74, 6) is 0.631. The van der Waals surface area contributed by atoms with Crippen molar-refractivity contribution in [1.82, 2.24) is 20.1 Å². The van der Waals surface area contributed by atoms with Crippen molar-refractivity contribution >= 4 is 49.5 Å². The minimum Gasteiger partial charge on any atom is -0.481 e. The van der Waals surface area contributed by atoms with Crippen LogP contribution in [0.15, 0.2) is 39.3 Å². The predicted molar refractivity (Wildman–Crippen MR) is 172 cm³/mol. The van der Waals surface area contributed by atoms with Crippen molar-refractivity contribution in [3.63, 3.8) is 0 Å². The molecule has 1 aliphatic carbocycles. The molecule has 222 valence electrons. The first kappa shape index (κ1) is 34.6. The van der Waals surface area contributed by atoms with E-state index >= 15 is 0 Å². The van der Waals surface area contributed by atoms with Gasteiger partial charge in [0.2, 0.25) is 5.88 Å². The van der Waals surface area contributed by atoms with Gasteiger partial charge in [0.05, 0.1) is 31.1 Å². The average Bonchev–Trinajstić information content (AvgIpc) is 3.41. The first-order valence-electron chi connectivity index (χ1n) is 13.9.